The molecule has 11 nitrogen and oxygen atoms in total. The van der Waals surface area contributed by atoms with Crippen LogP contribution in [0.1, 0.15) is 67.2 Å². The maximum absolute atomic E-state index is 12.9. The summed E-state index contributed by atoms with van der Waals surface area (Å²) in [7, 11) is 0. The topological polar surface area (TPSA) is 152 Å². The number of carbonyl (C=O) groups is 5. The van der Waals surface area contributed by atoms with Gasteiger partial charge in [0.2, 0.25) is 0 Å². The Labute approximate surface area is 227 Å². The molecule has 1 heterocycles. The van der Waals surface area contributed by atoms with Crippen molar-refractivity contribution in [2.45, 2.75) is 97.2 Å². The molecule has 0 spiro atoms. The normalized spacial score (nSPS) is 37.7. The third kappa shape index (κ3) is 5.88. The van der Waals surface area contributed by atoms with E-state index in [1.807, 2.05) is 0 Å². The zero-order valence-corrected chi connectivity index (χ0v) is 23.3. The standard InChI is InChI=1S/C28H38O11/c1-14-8-10-21(36-17(4)30)27(7)22(37-18(5)31)11-9-20(13-35-16(3)29)12-23-28(34,15(2)26(33)39-23)25(24(14)27)38-19(6)32/h12,15,21-25,34H,1,8-11,13H2,2-7H3/b20-12+/t15-,21-,22-,23-,24+,25-,27+,28+/m0/s1. The van der Waals surface area contributed by atoms with Gasteiger partial charge in [0, 0.05) is 33.6 Å². The number of carbonyl (C=O) groups excluding carboxylic acids is 5. The summed E-state index contributed by atoms with van der Waals surface area (Å²) in [5.74, 6) is -5.18. The van der Waals surface area contributed by atoms with Crippen LogP contribution in [-0.2, 0) is 47.7 Å². The number of fused-ring (bicyclic) bond motifs is 2. The molecular weight excluding hydrogens is 512 g/mol. The van der Waals surface area contributed by atoms with Crippen LogP contribution in [-0.4, -0.2) is 71.6 Å². The minimum Gasteiger partial charge on any atom is -0.462 e. The van der Waals surface area contributed by atoms with Crippen molar-refractivity contribution in [2.24, 2.45) is 17.3 Å². The first-order valence-corrected chi connectivity index (χ1v) is 13.1. The summed E-state index contributed by atoms with van der Waals surface area (Å²) in [5, 5.41) is 12.4. The van der Waals surface area contributed by atoms with Crippen LogP contribution < -0.4 is 0 Å². The first-order valence-electron chi connectivity index (χ1n) is 13.1. The zero-order valence-electron chi connectivity index (χ0n) is 23.3. The highest BCUT2D eigenvalue weighted by Crippen LogP contribution is 2.56. The van der Waals surface area contributed by atoms with Crippen LogP contribution in [0.3, 0.4) is 0 Å². The second-order valence-corrected chi connectivity index (χ2v) is 10.9. The molecule has 3 aliphatic rings. The van der Waals surface area contributed by atoms with Crippen molar-refractivity contribution in [3.8, 4) is 0 Å². The Morgan fingerprint density at radius 2 is 1.51 bits per heavy atom. The molecule has 1 saturated carbocycles. The van der Waals surface area contributed by atoms with E-state index in [0.29, 0.717) is 24.0 Å². The molecule has 11 heteroatoms. The summed E-state index contributed by atoms with van der Waals surface area (Å²) < 4.78 is 28.2. The van der Waals surface area contributed by atoms with E-state index in [4.69, 9.17) is 23.7 Å². The van der Waals surface area contributed by atoms with Crippen molar-refractivity contribution < 1.29 is 52.8 Å². The van der Waals surface area contributed by atoms with Gasteiger partial charge < -0.3 is 28.8 Å². The Bertz CT molecular complexity index is 1080. The van der Waals surface area contributed by atoms with Crippen molar-refractivity contribution in [3.63, 3.8) is 0 Å². The van der Waals surface area contributed by atoms with Crippen molar-refractivity contribution in [1.29, 1.82) is 0 Å². The number of hydrogen-bond donors (Lipinski definition) is 1. The Morgan fingerprint density at radius 3 is 2.03 bits per heavy atom. The van der Waals surface area contributed by atoms with Crippen molar-refractivity contribution in [3.05, 3.63) is 23.8 Å². The van der Waals surface area contributed by atoms with Crippen molar-refractivity contribution in [1.82, 2.24) is 0 Å². The highest BCUT2D eigenvalue weighted by molar-refractivity contribution is 5.78. The Kier molecular flexibility index (Phi) is 8.94. The molecule has 1 saturated heterocycles. The molecular formula is C28H38O11. The number of esters is 5. The lowest BCUT2D eigenvalue weighted by Crippen LogP contribution is -2.65. The van der Waals surface area contributed by atoms with E-state index < -0.39 is 77.1 Å². The number of ether oxygens (including phenoxy) is 5. The van der Waals surface area contributed by atoms with Crippen LogP contribution in [0.15, 0.2) is 23.8 Å². The lowest BCUT2D eigenvalue weighted by Gasteiger charge is -2.55. The molecule has 39 heavy (non-hydrogen) atoms. The molecule has 0 amide bonds. The Morgan fingerprint density at radius 1 is 0.974 bits per heavy atom. The Hall–Kier alpha value is -3.21. The first-order chi connectivity index (χ1) is 18.1. The lowest BCUT2D eigenvalue weighted by molar-refractivity contribution is -0.219. The molecule has 2 fully saturated rings. The summed E-state index contributed by atoms with van der Waals surface area (Å²) in [6.07, 6.45) is -1.75. The van der Waals surface area contributed by atoms with Gasteiger partial charge in [-0.15, -0.1) is 0 Å². The van der Waals surface area contributed by atoms with Crippen LogP contribution in [0.5, 0.6) is 0 Å². The van der Waals surface area contributed by atoms with Gasteiger partial charge in [0.1, 0.15) is 24.9 Å². The average Bonchev–Trinajstić information content (AvgIpc) is 3.03. The second kappa shape index (κ2) is 11.5. The van der Waals surface area contributed by atoms with E-state index in [1.165, 1.54) is 40.7 Å². The van der Waals surface area contributed by atoms with Crippen LogP contribution in [0.25, 0.3) is 0 Å². The molecule has 0 aromatic carbocycles. The lowest BCUT2D eigenvalue weighted by atomic mass is 9.55. The molecule has 1 N–H and O–H groups in total. The van der Waals surface area contributed by atoms with E-state index in [-0.39, 0.29) is 19.4 Å². The van der Waals surface area contributed by atoms with E-state index in [9.17, 15) is 29.1 Å². The van der Waals surface area contributed by atoms with Crippen molar-refractivity contribution >= 4 is 29.8 Å². The number of aliphatic hydroxyl groups is 1. The molecule has 1 aliphatic heterocycles. The second-order valence-electron chi connectivity index (χ2n) is 10.9. The van der Waals surface area contributed by atoms with Gasteiger partial charge >= 0.3 is 29.8 Å². The maximum Gasteiger partial charge on any atom is 0.312 e. The number of hydrogen-bond acceptors (Lipinski definition) is 11. The molecule has 2 aliphatic carbocycles. The van der Waals surface area contributed by atoms with Crippen LogP contribution >= 0.6 is 0 Å². The summed E-state index contributed by atoms with van der Waals surface area (Å²) in [5.41, 5.74) is -2.26. The number of rotatable bonds is 5. The highest BCUT2D eigenvalue weighted by Gasteiger charge is 2.67. The van der Waals surface area contributed by atoms with Gasteiger partial charge in [-0.2, -0.15) is 0 Å². The monoisotopic (exact) mass is 550 g/mol. The third-order valence-electron chi connectivity index (χ3n) is 8.21. The van der Waals surface area contributed by atoms with E-state index in [0.717, 1.165) is 0 Å². The van der Waals surface area contributed by atoms with Gasteiger partial charge in [-0.1, -0.05) is 19.1 Å². The van der Waals surface area contributed by atoms with Crippen LogP contribution in [0.4, 0.5) is 0 Å². The van der Waals surface area contributed by atoms with Gasteiger partial charge in [-0.3, -0.25) is 24.0 Å². The van der Waals surface area contributed by atoms with E-state index >= 15 is 0 Å². The molecule has 8 atom stereocenters. The predicted octanol–water partition coefficient (Wildman–Crippen LogP) is 2.33. The minimum atomic E-state index is -2.09. The van der Waals surface area contributed by atoms with Gasteiger partial charge in [0.05, 0.1) is 11.3 Å². The molecule has 0 bridgehead atoms. The van der Waals surface area contributed by atoms with Crippen molar-refractivity contribution in [2.75, 3.05) is 6.61 Å². The fourth-order valence-corrected chi connectivity index (χ4v) is 6.32. The molecule has 216 valence electrons. The quantitative estimate of drug-likeness (QED) is 0.305. The molecule has 0 aromatic rings. The molecule has 0 unspecified atom stereocenters. The molecule has 0 radical (unpaired) electrons. The minimum absolute atomic E-state index is 0.168. The molecule has 0 aromatic heterocycles. The SMILES string of the molecule is C=C1CC[C@H](OC(C)=O)[C@]2(C)[C@@H](OC(C)=O)CC/C(COC(C)=O)=C\[C@@H]3OC(=O)[C@H](C)[C@]3(O)[C@@H](OC(C)=O)[C@@H]12. The third-order valence-corrected chi connectivity index (χ3v) is 8.21. The smallest absolute Gasteiger partial charge is 0.312 e. The fraction of sp³-hybridized carbons (Fsp3) is 0.679. The summed E-state index contributed by atoms with van der Waals surface area (Å²) in [4.78, 5) is 61.5. The van der Waals surface area contributed by atoms with Gasteiger partial charge in [0.15, 0.2) is 11.7 Å². The van der Waals surface area contributed by atoms with E-state index in [1.54, 1.807) is 6.92 Å². The van der Waals surface area contributed by atoms with Crippen LogP contribution in [0.2, 0.25) is 0 Å². The Balaban J connectivity index is 2.33. The van der Waals surface area contributed by atoms with Gasteiger partial charge in [-0.25, -0.2) is 0 Å². The maximum atomic E-state index is 12.9. The first kappa shape index (κ1) is 30.3. The zero-order chi connectivity index (χ0) is 29.3. The summed E-state index contributed by atoms with van der Waals surface area (Å²) in [6, 6.07) is 0. The summed E-state index contributed by atoms with van der Waals surface area (Å²) >= 11 is 0. The molecule has 3 rings (SSSR count). The largest absolute Gasteiger partial charge is 0.462 e. The summed E-state index contributed by atoms with van der Waals surface area (Å²) in [6.45, 7) is 12.2. The van der Waals surface area contributed by atoms with Crippen LogP contribution in [0, 0.1) is 17.3 Å². The highest BCUT2D eigenvalue weighted by atomic mass is 16.6. The van der Waals surface area contributed by atoms with Gasteiger partial charge in [-0.05, 0) is 44.3 Å². The predicted molar refractivity (Wildman–Crippen MR) is 135 cm³/mol. The fourth-order valence-electron chi connectivity index (χ4n) is 6.32. The van der Waals surface area contributed by atoms with E-state index in [2.05, 4.69) is 6.58 Å². The van der Waals surface area contributed by atoms with Gasteiger partial charge in [0.25, 0.3) is 0 Å². The average molecular weight is 551 g/mol.